The summed E-state index contributed by atoms with van der Waals surface area (Å²) in [6.45, 7) is 0. The fraction of sp³-hybridized carbons (Fsp3) is 0.667. The molecule has 0 bridgehead atoms. The minimum absolute atomic E-state index is 0.00579. The first-order chi connectivity index (χ1) is 4.22. The molecule has 0 aromatic heterocycles. The van der Waals surface area contributed by atoms with Crippen LogP contribution in [-0.2, 0) is 0 Å². The van der Waals surface area contributed by atoms with Gasteiger partial charge in [0.15, 0.2) is 0 Å². The van der Waals surface area contributed by atoms with Gasteiger partial charge in [-0.05, 0) is 19.3 Å². The summed E-state index contributed by atoms with van der Waals surface area (Å²) in [5.41, 5.74) is 11.8. The molecule has 9 heavy (non-hydrogen) atoms. The normalized spacial score (nSPS) is 28.9. The van der Waals surface area contributed by atoms with Crippen molar-refractivity contribution >= 4 is 11.6 Å². The maximum absolute atomic E-state index is 5.74. The molecule has 3 heteroatoms. The van der Waals surface area contributed by atoms with Gasteiger partial charge in [-0.15, -0.1) is 0 Å². The van der Waals surface area contributed by atoms with Crippen LogP contribution >= 0.6 is 11.6 Å². The second kappa shape index (κ2) is 2.58. The lowest BCUT2D eigenvalue weighted by Crippen LogP contribution is -2.30. The van der Waals surface area contributed by atoms with Gasteiger partial charge < -0.3 is 11.5 Å². The van der Waals surface area contributed by atoms with Gasteiger partial charge in [0.1, 0.15) is 0 Å². The summed E-state index contributed by atoms with van der Waals surface area (Å²) >= 11 is 5.74. The van der Waals surface area contributed by atoms with E-state index >= 15 is 0 Å². The van der Waals surface area contributed by atoms with E-state index in [4.69, 9.17) is 23.1 Å². The van der Waals surface area contributed by atoms with Crippen LogP contribution in [0.5, 0.6) is 0 Å². The van der Waals surface area contributed by atoms with Gasteiger partial charge in [0, 0.05) is 16.8 Å². The van der Waals surface area contributed by atoms with E-state index in [-0.39, 0.29) is 6.04 Å². The molecule has 4 N–H and O–H groups in total. The first kappa shape index (κ1) is 6.90. The Morgan fingerprint density at radius 2 is 2.22 bits per heavy atom. The molecule has 1 aliphatic rings. The third-order valence-corrected chi connectivity index (χ3v) is 2.03. The van der Waals surface area contributed by atoms with Gasteiger partial charge in [0.05, 0.1) is 0 Å². The third-order valence-electron chi connectivity index (χ3n) is 1.62. The van der Waals surface area contributed by atoms with Crippen LogP contribution in [0.4, 0.5) is 0 Å². The summed E-state index contributed by atoms with van der Waals surface area (Å²) in [6.07, 6.45) is 2.95. The Labute approximate surface area is 59.9 Å². The zero-order chi connectivity index (χ0) is 6.85. The van der Waals surface area contributed by atoms with E-state index in [1.54, 1.807) is 0 Å². The van der Waals surface area contributed by atoms with Crippen molar-refractivity contribution in [2.75, 3.05) is 0 Å². The molecule has 0 aromatic carbocycles. The minimum atomic E-state index is 0.00579. The van der Waals surface area contributed by atoms with E-state index in [2.05, 4.69) is 0 Å². The van der Waals surface area contributed by atoms with Crippen LogP contribution in [0, 0.1) is 0 Å². The van der Waals surface area contributed by atoms with Crippen LogP contribution in [-0.4, -0.2) is 6.04 Å². The van der Waals surface area contributed by atoms with E-state index in [9.17, 15) is 0 Å². The van der Waals surface area contributed by atoms with Gasteiger partial charge in [-0.1, -0.05) is 11.6 Å². The highest BCUT2D eigenvalue weighted by Crippen LogP contribution is 2.22. The Morgan fingerprint density at radius 3 is 2.67 bits per heavy atom. The Balaban J connectivity index is 2.72. The highest BCUT2D eigenvalue weighted by Gasteiger charge is 2.14. The topological polar surface area (TPSA) is 52.0 Å². The van der Waals surface area contributed by atoms with E-state index in [0.717, 1.165) is 24.3 Å². The van der Waals surface area contributed by atoms with E-state index in [1.165, 1.54) is 0 Å². The Bertz CT molecular complexity index is 142. The number of rotatable bonds is 0. The monoisotopic (exact) mass is 146 g/mol. The first-order valence-corrected chi connectivity index (χ1v) is 3.49. The van der Waals surface area contributed by atoms with Gasteiger partial charge in [-0.2, -0.15) is 0 Å². The zero-order valence-corrected chi connectivity index (χ0v) is 5.99. The van der Waals surface area contributed by atoms with Crippen molar-refractivity contribution in [2.45, 2.75) is 25.3 Å². The largest absolute Gasteiger partial charge is 0.400 e. The van der Waals surface area contributed by atoms with Gasteiger partial charge in [0.2, 0.25) is 0 Å². The number of halogens is 1. The zero-order valence-electron chi connectivity index (χ0n) is 5.23. The fourth-order valence-corrected chi connectivity index (χ4v) is 1.25. The maximum atomic E-state index is 5.74. The Morgan fingerprint density at radius 1 is 1.56 bits per heavy atom. The first-order valence-electron chi connectivity index (χ1n) is 3.11. The molecule has 0 radical (unpaired) electrons. The van der Waals surface area contributed by atoms with Crippen molar-refractivity contribution in [3.8, 4) is 0 Å². The summed E-state index contributed by atoms with van der Waals surface area (Å²) in [7, 11) is 0. The minimum Gasteiger partial charge on any atom is -0.400 e. The molecule has 0 amide bonds. The molecule has 0 fully saturated rings. The van der Waals surface area contributed by atoms with Crippen LogP contribution in [0.2, 0.25) is 0 Å². The highest BCUT2D eigenvalue weighted by molar-refractivity contribution is 6.30. The Hall–Kier alpha value is -0.210. The van der Waals surface area contributed by atoms with E-state index < -0.39 is 0 Å². The molecule has 52 valence electrons. The Kier molecular flexibility index (Phi) is 1.98. The molecule has 0 heterocycles. The second-order valence-corrected chi connectivity index (χ2v) is 2.82. The van der Waals surface area contributed by atoms with Crippen LogP contribution in [0.25, 0.3) is 0 Å². The molecule has 1 atom stereocenters. The lowest BCUT2D eigenvalue weighted by Gasteiger charge is -2.18. The molecular formula is C6H11ClN2. The van der Waals surface area contributed by atoms with Crippen LogP contribution in [0.3, 0.4) is 0 Å². The van der Waals surface area contributed by atoms with Gasteiger partial charge in [-0.3, -0.25) is 0 Å². The predicted octanol–water partition coefficient (Wildman–Crippen LogP) is 0.907. The lowest BCUT2D eigenvalue weighted by molar-refractivity contribution is 0.603. The highest BCUT2D eigenvalue weighted by atomic mass is 35.5. The summed E-state index contributed by atoms with van der Waals surface area (Å²) in [5.74, 6) is 0. The summed E-state index contributed by atoms with van der Waals surface area (Å²) in [4.78, 5) is 0. The summed E-state index contributed by atoms with van der Waals surface area (Å²) in [6, 6.07) is 0.00579. The van der Waals surface area contributed by atoms with Crippen LogP contribution in [0.15, 0.2) is 10.7 Å². The maximum Gasteiger partial charge on any atom is 0.0454 e. The van der Waals surface area contributed by atoms with Crippen LogP contribution in [0.1, 0.15) is 19.3 Å². The number of nitrogens with two attached hydrogens (primary N) is 2. The predicted molar refractivity (Wildman–Crippen MR) is 38.9 cm³/mol. The van der Waals surface area contributed by atoms with Crippen molar-refractivity contribution in [3.05, 3.63) is 10.7 Å². The fourth-order valence-electron chi connectivity index (χ4n) is 0.978. The number of hydrogen-bond acceptors (Lipinski definition) is 2. The summed E-state index contributed by atoms with van der Waals surface area (Å²) < 4.78 is 0. The summed E-state index contributed by atoms with van der Waals surface area (Å²) in [5, 5.41) is 0.758. The van der Waals surface area contributed by atoms with Gasteiger partial charge in [-0.25, -0.2) is 0 Å². The van der Waals surface area contributed by atoms with Crippen molar-refractivity contribution in [3.63, 3.8) is 0 Å². The quantitative estimate of drug-likeness (QED) is 0.534. The van der Waals surface area contributed by atoms with E-state index in [1.807, 2.05) is 0 Å². The molecule has 1 unspecified atom stereocenters. The SMILES string of the molecule is NC1=C(Cl)CCCC1N. The van der Waals surface area contributed by atoms with Crippen molar-refractivity contribution in [1.29, 1.82) is 0 Å². The molecule has 0 aromatic rings. The molecule has 1 aliphatic carbocycles. The molecular weight excluding hydrogens is 136 g/mol. The molecule has 0 aliphatic heterocycles. The lowest BCUT2D eigenvalue weighted by atomic mass is 10.0. The van der Waals surface area contributed by atoms with Crippen molar-refractivity contribution in [2.24, 2.45) is 11.5 Å². The second-order valence-electron chi connectivity index (χ2n) is 2.36. The average molecular weight is 147 g/mol. The molecule has 1 rings (SSSR count). The molecule has 0 saturated heterocycles. The van der Waals surface area contributed by atoms with Crippen molar-refractivity contribution in [1.82, 2.24) is 0 Å². The van der Waals surface area contributed by atoms with Gasteiger partial charge >= 0.3 is 0 Å². The molecule has 0 saturated carbocycles. The number of hydrogen-bond donors (Lipinski definition) is 2. The standard InChI is InChI=1S/C6H11ClN2/c7-4-2-1-3-5(8)6(4)9/h5H,1-3,8-9H2. The van der Waals surface area contributed by atoms with E-state index in [0.29, 0.717) is 5.70 Å². The van der Waals surface area contributed by atoms with Crippen molar-refractivity contribution < 1.29 is 0 Å². The third kappa shape index (κ3) is 1.37. The van der Waals surface area contributed by atoms with Crippen LogP contribution < -0.4 is 11.5 Å². The van der Waals surface area contributed by atoms with Gasteiger partial charge in [0.25, 0.3) is 0 Å². The average Bonchev–Trinajstić information content (AvgIpc) is 1.83. The molecule has 0 spiro atoms. The smallest absolute Gasteiger partial charge is 0.0454 e. The molecule has 2 nitrogen and oxygen atoms in total. The number of allylic oxidation sites excluding steroid dienone is 1.